The lowest BCUT2D eigenvalue weighted by molar-refractivity contribution is 1.29. The Labute approximate surface area is 87.7 Å². The fourth-order valence-corrected chi connectivity index (χ4v) is 1.40. The van der Waals surface area contributed by atoms with Crippen LogP contribution in [0, 0.1) is 11.3 Å². The predicted octanol–water partition coefficient (Wildman–Crippen LogP) is 2.36. The first-order valence-corrected chi connectivity index (χ1v) is 4.56. The largest absolute Gasteiger partial charge is 0.361 e. The molecule has 0 saturated carbocycles. The number of rotatable bonds is 2. The van der Waals surface area contributed by atoms with Crippen molar-refractivity contribution in [3.05, 3.63) is 60.2 Å². The Kier molecular flexibility index (Phi) is 2.61. The van der Waals surface area contributed by atoms with Crippen molar-refractivity contribution < 1.29 is 0 Å². The molecular weight excluding hydrogens is 186 g/mol. The average Bonchev–Trinajstić information content (AvgIpc) is 2.80. The minimum Gasteiger partial charge on any atom is -0.361 e. The summed E-state index contributed by atoms with van der Waals surface area (Å²) < 4.78 is 0. The number of aromatic nitrogens is 2. The molecule has 2 aromatic heterocycles. The van der Waals surface area contributed by atoms with Gasteiger partial charge in [0.25, 0.3) is 0 Å². The van der Waals surface area contributed by atoms with Gasteiger partial charge in [0, 0.05) is 41.5 Å². The van der Waals surface area contributed by atoms with Crippen LogP contribution in [-0.2, 0) is 0 Å². The lowest BCUT2D eigenvalue weighted by atomic mass is 10.1. The van der Waals surface area contributed by atoms with Crippen LogP contribution in [0.15, 0.2) is 48.9 Å². The molecule has 0 aliphatic rings. The van der Waals surface area contributed by atoms with Crippen molar-refractivity contribution >= 4 is 5.57 Å². The van der Waals surface area contributed by atoms with E-state index in [-0.39, 0.29) is 0 Å². The van der Waals surface area contributed by atoms with Gasteiger partial charge in [0.15, 0.2) is 0 Å². The molecule has 3 heteroatoms. The average molecular weight is 195 g/mol. The SMILES string of the molecule is N#CC=C(c1cccnc1)c1ccc[nH]1. The maximum absolute atomic E-state index is 8.74. The normalized spacial score (nSPS) is 11.0. The van der Waals surface area contributed by atoms with E-state index in [4.69, 9.17) is 5.26 Å². The number of hydrogen-bond donors (Lipinski definition) is 1. The van der Waals surface area contributed by atoms with Gasteiger partial charge in [-0.15, -0.1) is 0 Å². The third-order valence-corrected chi connectivity index (χ3v) is 2.07. The van der Waals surface area contributed by atoms with Gasteiger partial charge in [-0.05, 0) is 18.2 Å². The zero-order valence-electron chi connectivity index (χ0n) is 8.01. The van der Waals surface area contributed by atoms with E-state index in [0.717, 1.165) is 16.8 Å². The number of nitrogens with zero attached hydrogens (tertiary/aromatic N) is 2. The molecule has 0 radical (unpaired) electrons. The monoisotopic (exact) mass is 195 g/mol. The van der Waals surface area contributed by atoms with Crippen molar-refractivity contribution in [3.8, 4) is 6.07 Å². The second-order valence-corrected chi connectivity index (χ2v) is 3.01. The van der Waals surface area contributed by atoms with Crippen molar-refractivity contribution in [2.75, 3.05) is 0 Å². The van der Waals surface area contributed by atoms with Crippen LogP contribution in [0.1, 0.15) is 11.3 Å². The third kappa shape index (κ3) is 1.94. The quantitative estimate of drug-likeness (QED) is 0.748. The molecule has 0 fully saturated rings. The summed E-state index contributed by atoms with van der Waals surface area (Å²) >= 11 is 0. The minimum absolute atomic E-state index is 0.857. The first-order valence-electron chi connectivity index (χ1n) is 4.56. The van der Waals surface area contributed by atoms with Crippen LogP contribution in [0.4, 0.5) is 0 Å². The van der Waals surface area contributed by atoms with Crippen LogP contribution >= 0.6 is 0 Å². The van der Waals surface area contributed by atoms with Crippen LogP contribution < -0.4 is 0 Å². The Morgan fingerprint density at radius 2 is 2.33 bits per heavy atom. The molecule has 15 heavy (non-hydrogen) atoms. The minimum atomic E-state index is 0.857. The Morgan fingerprint density at radius 1 is 1.40 bits per heavy atom. The van der Waals surface area contributed by atoms with Crippen molar-refractivity contribution in [1.29, 1.82) is 5.26 Å². The topological polar surface area (TPSA) is 52.5 Å². The summed E-state index contributed by atoms with van der Waals surface area (Å²) in [4.78, 5) is 7.11. The lowest BCUT2D eigenvalue weighted by Crippen LogP contribution is -1.88. The molecule has 2 aromatic rings. The fourth-order valence-electron chi connectivity index (χ4n) is 1.40. The van der Waals surface area contributed by atoms with Crippen LogP contribution in [0.25, 0.3) is 5.57 Å². The summed E-state index contributed by atoms with van der Waals surface area (Å²) in [5, 5.41) is 8.74. The standard InChI is InChI=1S/C12H9N3/c13-6-5-11(12-4-2-8-15-12)10-3-1-7-14-9-10/h1-5,7-9,15H. The highest BCUT2D eigenvalue weighted by atomic mass is 14.7. The highest BCUT2D eigenvalue weighted by Crippen LogP contribution is 2.20. The number of nitriles is 1. The van der Waals surface area contributed by atoms with E-state index in [2.05, 4.69) is 9.97 Å². The number of allylic oxidation sites excluding steroid dienone is 1. The van der Waals surface area contributed by atoms with E-state index in [1.54, 1.807) is 12.4 Å². The molecule has 0 aromatic carbocycles. The first-order chi connectivity index (χ1) is 7.42. The Balaban J connectivity index is 2.48. The van der Waals surface area contributed by atoms with Gasteiger partial charge in [0.05, 0.1) is 6.07 Å². The zero-order valence-corrected chi connectivity index (χ0v) is 8.01. The zero-order chi connectivity index (χ0) is 10.5. The van der Waals surface area contributed by atoms with E-state index in [1.165, 1.54) is 6.08 Å². The van der Waals surface area contributed by atoms with Gasteiger partial charge < -0.3 is 4.98 Å². The lowest BCUT2D eigenvalue weighted by Gasteiger charge is -2.02. The molecule has 0 amide bonds. The molecule has 0 spiro atoms. The van der Waals surface area contributed by atoms with E-state index in [1.807, 2.05) is 36.5 Å². The summed E-state index contributed by atoms with van der Waals surface area (Å²) in [5.74, 6) is 0. The van der Waals surface area contributed by atoms with Crippen molar-refractivity contribution in [1.82, 2.24) is 9.97 Å². The van der Waals surface area contributed by atoms with E-state index in [9.17, 15) is 0 Å². The fraction of sp³-hybridized carbons (Fsp3) is 0. The molecule has 1 N–H and O–H groups in total. The Hall–Kier alpha value is -2.34. The van der Waals surface area contributed by atoms with Crippen LogP contribution in [0.5, 0.6) is 0 Å². The van der Waals surface area contributed by atoms with Gasteiger partial charge in [-0.2, -0.15) is 5.26 Å². The maximum atomic E-state index is 8.74. The molecule has 3 nitrogen and oxygen atoms in total. The summed E-state index contributed by atoms with van der Waals surface area (Å²) in [7, 11) is 0. The molecule has 0 bridgehead atoms. The predicted molar refractivity (Wildman–Crippen MR) is 57.7 cm³/mol. The number of aromatic amines is 1. The van der Waals surface area contributed by atoms with Gasteiger partial charge in [-0.25, -0.2) is 0 Å². The number of H-pyrrole nitrogens is 1. The van der Waals surface area contributed by atoms with Crippen molar-refractivity contribution in [2.24, 2.45) is 0 Å². The van der Waals surface area contributed by atoms with Crippen LogP contribution in [-0.4, -0.2) is 9.97 Å². The van der Waals surface area contributed by atoms with Gasteiger partial charge in [0.2, 0.25) is 0 Å². The molecular formula is C12H9N3. The molecule has 72 valence electrons. The third-order valence-electron chi connectivity index (χ3n) is 2.07. The molecule has 0 atom stereocenters. The van der Waals surface area contributed by atoms with Gasteiger partial charge >= 0.3 is 0 Å². The molecule has 0 aliphatic heterocycles. The van der Waals surface area contributed by atoms with Crippen LogP contribution in [0.3, 0.4) is 0 Å². The number of nitrogens with one attached hydrogen (secondary N) is 1. The number of pyridine rings is 1. The van der Waals surface area contributed by atoms with Gasteiger partial charge in [0.1, 0.15) is 0 Å². The molecule has 0 aliphatic carbocycles. The second kappa shape index (κ2) is 4.25. The summed E-state index contributed by atoms with van der Waals surface area (Å²) in [5.41, 5.74) is 2.71. The Morgan fingerprint density at radius 3 is 2.93 bits per heavy atom. The molecule has 2 heterocycles. The van der Waals surface area contributed by atoms with Crippen LogP contribution in [0.2, 0.25) is 0 Å². The van der Waals surface area contributed by atoms with Crippen molar-refractivity contribution in [3.63, 3.8) is 0 Å². The first kappa shape index (κ1) is 9.22. The highest BCUT2D eigenvalue weighted by molar-refractivity contribution is 5.78. The Bertz CT molecular complexity index is 489. The summed E-state index contributed by atoms with van der Waals surface area (Å²) in [6, 6.07) is 9.65. The second-order valence-electron chi connectivity index (χ2n) is 3.01. The smallest absolute Gasteiger partial charge is 0.0919 e. The van der Waals surface area contributed by atoms with Crippen molar-refractivity contribution in [2.45, 2.75) is 0 Å². The van der Waals surface area contributed by atoms with E-state index < -0.39 is 0 Å². The van der Waals surface area contributed by atoms with E-state index >= 15 is 0 Å². The molecule has 0 saturated heterocycles. The van der Waals surface area contributed by atoms with E-state index in [0.29, 0.717) is 0 Å². The van der Waals surface area contributed by atoms with Gasteiger partial charge in [-0.1, -0.05) is 6.07 Å². The summed E-state index contributed by atoms with van der Waals surface area (Å²) in [6.45, 7) is 0. The number of hydrogen-bond acceptors (Lipinski definition) is 2. The van der Waals surface area contributed by atoms with Gasteiger partial charge in [-0.3, -0.25) is 4.98 Å². The highest BCUT2D eigenvalue weighted by Gasteiger charge is 2.04. The molecule has 0 unspecified atom stereocenters. The molecule has 2 rings (SSSR count). The summed E-state index contributed by atoms with van der Waals surface area (Å²) in [6.07, 6.45) is 6.80. The maximum Gasteiger partial charge on any atom is 0.0919 e.